The number of amides is 1. The van der Waals surface area contributed by atoms with Gasteiger partial charge in [-0.1, -0.05) is 0 Å². The average Bonchev–Trinajstić information content (AvgIpc) is 2.25. The highest BCUT2D eigenvalue weighted by atomic mass is 35.5. The molecule has 0 bridgehead atoms. The molecule has 0 aromatic heterocycles. The summed E-state index contributed by atoms with van der Waals surface area (Å²) in [4.78, 5) is 21.6. The molecule has 86 valence electrons. The highest BCUT2D eigenvalue weighted by Gasteiger charge is 2.13. The number of nitrogens with one attached hydrogen (secondary N) is 1. The predicted octanol–water partition coefficient (Wildman–Crippen LogP) is 1.87. The molecular formula is C10H11ClN2O3. The Morgan fingerprint density at radius 1 is 1.56 bits per heavy atom. The lowest BCUT2D eigenvalue weighted by atomic mass is 10.1. The second-order valence-corrected chi connectivity index (χ2v) is 3.58. The Balaban J connectivity index is 2.88. The van der Waals surface area contributed by atoms with Gasteiger partial charge in [-0.3, -0.25) is 14.9 Å². The van der Waals surface area contributed by atoms with E-state index in [9.17, 15) is 14.9 Å². The van der Waals surface area contributed by atoms with Gasteiger partial charge in [0, 0.05) is 29.6 Å². The summed E-state index contributed by atoms with van der Waals surface area (Å²) in [5, 5.41) is 13.1. The number of benzene rings is 1. The van der Waals surface area contributed by atoms with Crippen molar-refractivity contribution in [1.82, 2.24) is 5.32 Å². The van der Waals surface area contributed by atoms with E-state index in [0.717, 1.165) is 0 Å². The number of nitro groups is 1. The molecule has 16 heavy (non-hydrogen) atoms. The maximum absolute atomic E-state index is 11.5. The van der Waals surface area contributed by atoms with Crippen molar-refractivity contribution in [2.75, 3.05) is 12.4 Å². The van der Waals surface area contributed by atoms with Gasteiger partial charge < -0.3 is 5.32 Å². The number of nitrogens with zero attached hydrogens (tertiary/aromatic N) is 1. The molecule has 0 aliphatic heterocycles. The third kappa shape index (κ3) is 2.93. The SMILES string of the molecule is Cc1cc(C(=O)NCCCl)ccc1[N+](=O)[O-]. The van der Waals surface area contributed by atoms with Crippen LogP contribution in [0, 0.1) is 17.0 Å². The van der Waals surface area contributed by atoms with Gasteiger partial charge in [0.1, 0.15) is 0 Å². The summed E-state index contributed by atoms with van der Waals surface area (Å²) in [6.07, 6.45) is 0. The molecular weight excluding hydrogens is 232 g/mol. The van der Waals surface area contributed by atoms with Crippen LogP contribution in [-0.2, 0) is 0 Å². The van der Waals surface area contributed by atoms with E-state index in [0.29, 0.717) is 23.6 Å². The number of halogens is 1. The molecule has 1 N–H and O–H groups in total. The lowest BCUT2D eigenvalue weighted by Crippen LogP contribution is -2.25. The molecule has 6 heteroatoms. The lowest BCUT2D eigenvalue weighted by Gasteiger charge is -2.04. The van der Waals surface area contributed by atoms with Crippen molar-refractivity contribution in [2.45, 2.75) is 6.92 Å². The minimum atomic E-state index is -0.476. The third-order valence-electron chi connectivity index (χ3n) is 2.04. The highest BCUT2D eigenvalue weighted by molar-refractivity contribution is 6.18. The molecule has 1 rings (SSSR count). The number of carbonyl (C=O) groups excluding carboxylic acids is 1. The number of alkyl halides is 1. The normalized spacial score (nSPS) is 9.88. The van der Waals surface area contributed by atoms with Gasteiger partial charge in [0.25, 0.3) is 11.6 Å². The number of hydrogen-bond acceptors (Lipinski definition) is 3. The van der Waals surface area contributed by atoms with Gasteiger partial charge in [0.05, 0.1) is 4.92 Å². The van der Waals surface area contributed by atoms with E-state index >= 15 is 0 Å². The minimum Gasteiger partial charge on any atom is -0.351 e. The molecule has 0 heterocycles. The first kappa shape index (κ1) is 12.4. The molecule has 1 aromatic rings. The van der Waals surface area contributed by atoms with Crippen LogP contribution in [0.25, 0.3) is 0 Å². The zero-order valence-corrected chi connectivity index (χ0v) is 9.45. The molecule has 0 unspecified atom stereocenters. The van der Waals surface area contributed by atoms with Crippen LogP contribution in [0.5, 0.6) is 0 Å². The number of carbonyl (C=O) groups is 1. The molecule has 1 aromatic carbocycles. The first-order valence-corrected chi connectivity index (χ1v) is 5.19. The number of hydrogen-bond donors (Lipinski definition) is 1. The number of rotatable bonds is 4. The van der Waals surface area contributed by atoms with Crippen molar-refractivity contribution in [3.05, 3.63) is 39.4 Å². The van der Waals surface area contributed by atoms with E-state index in [1.807, 2.05) is 0 Å². The Bertz CT molecular complexity index is 421. The summed E-state index contributed by atoms with van der Waals surface area (Å²) >= 11 is 5.43. The smallest absolute Gasteiger partial charge is 0.272 e. The zero-order valence-electron chi connectivity index (χ0n) is 8.70. The van der Waals surface area contributed by atoms with E-state index in [2.05, 4.69) is 5.32 Å². The van der Waals surface area contributed by atoms with Crippen molar-refractivity contribution in [2.24, 2.45) is 0 Å². The van der Waals surface area contributed by atoms with Gasteiger partial charge in [0.15, 0.2) is 0 Å². The molecule has 0 fully saturated rings. The fourth-order valence-corrected chi connectivity index (χ4v) is 1.36. The second kappa shape index (κ2) is 5.46. The van der Waals surface area contributed by atoms with Crippen LogP contribution in [0.4, 0.5) is 5.69 Å². The third-order valence-corrected chi connectivity index (χ3v) is 2.22. The van der Waals surface area contributed by atoms with Gasteiger partial charge in [0.2, 0.25) is 0 Å². The summed E-state index contributed by atoms with van der Waals surface area (Å²) in [7, 11) is 0. The summed E-state index contributed by atoms with van der Waals surface area (Å²) in [6.45, 7) is 1.97. The largest absolute Gasteiger partial charge is 0.351 e. The zero-order chi connectivity index (χ0) is 12.1. The molecule has 5 nitrogen and oxygen atoms in total. The van der Waals surface area contributed by atoms with E-state index < -0.39 is 4.92 Å². The predicted molar refractivity (Wildman–Crippen MR) is 60.9 cm³/mol. The molecule has 0 aliphatic rings. The van der Waals surface area contributed by atoms with Crippen LogP contribution < -0.4 is 5.32 Å². The van der Waals surface area contributed by atoms with Gasteiger partial charge in [-0.05, 0) is 19.1 Å². The Kier molecular flexibility index (Phi) is 4.25. The highest BCUT2D eigenvalue weighted by Crippen LogP contribution is 2.18. The van der Waals surface area contributed by atoms with E-state index in [4.69, 9.17) is 11.6 Å². The van der Waals surface area contributed by atoms with E-state index in [-0.39, 0.29) is 11.6 Å². The number of aryl methyl sites for hydroxylation is 1. The summed E-state index contributed by atoms with van der Waals surface area (Å²) in [5.74, 6) is 0.0520. The summed E-state index contributed by atoms with van der Waals surface area (Å²) < 4.78 is 0. The van der Waals surface area contributed by atoms with Crippen molar-refractivity contribution in [3.63, 3.8) is 0 Å². The molecule has 1 amide bonds. The van der Waals surface area contributed by atoms with Crippen LogP contribution in [0.2, 0.25) is 0 Å². The Labute approximate surface area is 97.6 Å². The van der Waals surface area contributed by atoms with Crippen molar-refractivity contribution >= 4 is 23.2 Å². The molecule has 0 saturated heterocycles. The van der Waals surface area contributed by atoms with Gasteiger partial charge in [-0.2, -0.15) is 0 Å². The molecule has 0 spiro atoms. The molecule has 0 aliphatic carbocycles. The maximum Gasteiger partial charge on any atom is 0.272 e. The fraction of sp³-hybridized carbons (Fsp3) is 0.300. The molecule has 0 atom stereocenters. The van der Waals surface area contributed by atoms with Gasteiger partial charge in [-0.25, -0.2) is 0 Å². The van der Waals surface area contributed by atoms with Crippen LogP contribution >= 0.6 is 11.6 Å². The average molecular weight is 243 g/mol. The van der Waals surface area contributed by atoms with E-state index in [1.54, 1.807) is 6.92 Å². The van der Waals surface area contributed by atoms with Crippen LogP contribution in [-0.4, -0.2) is 23.3 Å². The molecule has 0 saturated carbocycles. The van der Waals surface area contributed by atoms with Crippen molar-refractivity contribution in [3.8, 4) is 0 Å². The Morgan fingerprint density at radius 2 is 2.25 bits per heavy atom. The van der Waals surface area contributed by atoms with Crippen molar-refractivity contribution in [1.29, 1.82) is 0 Å². The topological polar surface area (TPSA) is 72.2 Å². The van der Waals surface area contributed by atoms with Crippen molar-refractivity contribution < 1.29 is 9.72 Å². The van der Waals surface area contributed by atoms with Gasteiger partial charge in [-0.15, -0.1) is 11.6 Å². The standard InChI is InChI=1S/C10H11ClN2O3/c1-7-6-8(10(14)12-5-4-11)2-3-9(7)13(15)16/h2-3,6H,4-5H2,1H3,(H,12,14). The van der Waals surface area contributed by atoms with Crippen LogP contribution in [0.15, 0.2) is 18.2 Å². The maximum atomic E-state index is 11.5. The first-order valence-electron chi connectivity index (χ1n) is 4.65. The Hall–Kier alpha value is -1.62. The quantitative estimate of drug-likeness (QED) is 0.498. The summed E-state index contributed by atoms with van der Waals surface area (Å²) in [6, 6.07) is 4.24. The first-order chi connectivity index (χ1) is 7.56. The van der Waals surface area contributed by atoms with Crippen LogP contribution in [0.1, 0.15) is 15.9 Å². The number of nitro benzene ring substituents is 1. The molecule has 0 radical (unpaired) electrons. The lowest BCUT2D eigenvalue weighted by molar-refractivity contribution is -0.385. The van der Waals surface area contributed by atoms with Gasteiger partial charge >= 0.3 is 0 Å². The van der Waals surface area contributed by atoms with E-state index in [1.165, 1.54) is 18.2 Å². The second-order valence-electron chi connectivity index (χ2n) is 3.20. The van der Waals surface area contributed by atoms with Crippen LogP contribution in [0.3, 0.4) is 0 Å². The fourth-order valence-electron chi connectivity index (χ4n) is 1.26. The minimum absolute atomic E-state index is 0.00823. The summed E-state index contributed by atoms with van der Waals surface area (Å²) in [5.41, 5.74) is 0.866. The monoisotopic (exact) mass is 242 g/mol. The Morgan fingerprint density at radius 3 is 2.75 bits per heavy atom.